The molecule has 29 heavy (non-hydrogen) atoms. The average molecular weight is 420 g/mol. The van der Waals surface area contributed by atoms with Crippen molar-refractivity contribution in [2.24, 2.45) is 0 Å². The van der Waals surface area contributed by atoms with Gasteiger partial charge in [0.05, 0.1) is 0 Å². The molecule has 5 nitrogen and oxygen atoms in total. The van der Waals surface area contributed by atoms with Crippen LogP contribution in [-0.2, 0) is 14.8 Å². The Labute approximate surface area is 165 Å². The maximum atomic E-state index is 14.0. The minimum atomic E-state index is -4.71. The summed E-state index contributed by atoms with van der Waals surface area (Å²) in [5.74, 6) is -6.05. The van der Waals surface area contributed by atoms with Gasteiger partial charge in [0.1, 0.15) is 10.9 Å². The summed E-state index contributed by atoms with van der Waals surface area (Å²) in [7, 11) is -4.71. The second-order valence-corrected chi connectivity index (χ2v) is 7.68. The second-order valence-electron chi connectivity index (χ2n) is 5.99. The van der Waals surface area contributed by atoms with E-state index in [2.05, 4.69) is 10.0 Å². The summed E-state index contributed by atoms with van der Waals surface area (Å²) < 4.78 is 68.0. The third-order valence-electron chi connectivity index (χ3n) is 4.00. The van der Waals surface area contributed by atoms with Gasteiger partial charge >= 0.3 is 0 Å². The van der Waals surface area contributed by atoms with Crippen molar-refractivity contribution in [2.75, 3.05) is 5.32 Å². The first-order valence-electron chi connectivity index (χ1n) is 8.36. The van der Waals surface area contributed by atoms with Crippen molar-refractivity contribution < 1.29 is 26.4 Å². The van der Waals surface area contributed by atoms with Gasteiger partial charge in [-0.1, -0.05) is 48.5 Å². The SMILES string of the molecule is O=C(Nc1ccccc1)C(NS(=O)(=O)c1ccc(F)c(F)c1F)c1ccccc1. The number of carbonyl (C=O) groups excluding carboxylic acids is 1. The molecule has 3 aromatic rings. The van der Waals surface area contributed by atoms with Crippen LogP contribution >= 0.6 is 0 Å². The van der Waals surface area contributed by atoms with Crippen LogP contribution in [0.3, 0.4) is 0 Å². The molecule has 0 aromatic heterocycles. The van der Waals surface area contributed by atoms with E-state index in [-0.39, 0.29) is 5.56 Å². The number of anilines is 1. The number of hydrogen-bond acceptors (Lipinski definition) is 3. The molecule has 0 fully saturated rings. The standard InChI is InChI=1S/C20H15F3N2O3S/c21-15-11-12-16(18(23)17(15)22)29(27,28)25-19(13-7-3-1-4-8-13)20(26)24-14-9-5-2-6-10-14/h1-12,19,25H,(H,24,26). The Bertz CT molecular complexity index is 1120. The molecule has 0 heterocycles. The monoisotopic (exact) mass is 420 g/mol. The fraction of sp³-hybridized carbons (Fsp3) is 0.0500. The summed E-state index contributed by atoms with van der Waals surface area (Å²) in [5.41, 5.74) is 0.684. The van der Waals surface area contributed by atoms with Crippen molar-refractivity contribution in [1.82, 2.24) is 4.72 Å². The highest BCUT2D eigenvalue weighted by Gasteiger charge is 2.30. The molecule has 150 valence electrons. The fourth-order valence-electron chi connectivity index (χ4n) is 2.59. The van der Waals surface area contributed by atoms with Crippen LogP contribution in [0.4, 0.5) is 18.9 Å². The lowest BCUT2D eigenvalue weighted by molar-refractivity contribution is -0.117. The number of halogens is 3. The van der Waals surface area contributed by atoms with Crippen molar-refractivity contribution in [3.63, 3.8) is 0 Å². The predicted octanol–water partition coefficient (Wildman–Crippen LogP) is 3.76. The van der Waals surface area contributed by atoms with Gasteiger partial charge < -0.3 is 5.32 Å². The van der Waals surface area contributed by atoms with Crippen LogP contribution in [0, 0.1) is 17.5 Å². The first-order valence-corrected chi connectivity index (χ1v) is 9.84. The molecule has 1 atom stereocenters. The van der Waals surface area contributed by atoms with Gasteiger partial charge in [-0.25, -0.2) is 21.6 Å². The number of sulfonamides is 1. The number of para-hydroxylation sites is 1. The maximum Gasteiger partial charge on any atom is 0.247 e. The van der Waals surface area contributed by atoms with Crippen LogP contribution in [0.2, 0.25) is 0 Å². The summed E-state index contributed by atoms with van der Waals surface area (Å²) in [6.07, 6.45) is 0. The average Bonchev–Trinajstić information content (AvgIpc) is 2.71. The summed E-state index contributed by atoms with van der Waals surface area (Å²) in [6.45, 7) is 0. The zero-order chi connectivity index (χ0) is 21.0. The highest BCUT2D eigenvalue weighted by molar-refractivity contribution is 7.89. The third kappa shape index (κ3) is 4.64. The molecule has 9 heteroatoms. The number of rotatable bonds is 6. The maximum absolute atomic E-state index is 14.0. The molecule has 0 saturated heterocycles. The topological polar surface area (TPSA) is 75.3 Å². The lowest BCUT2D eigenvalue weighted by Crippen LogP contribution is -2.37. The quantitative estimate of drug-likeness (QED) is 0.597. The number of carbonyl (C=O) groups is 1. The van der Waals surface area contributed by atoms with Crippen LogP contribution in [-0.4, -0.2) is 14.3 Å². The largest absolute Gasteiger partial charge is 0.324 e. The van der Waals surface area contributed by atoms with Crippen molar-refractivity contribution >= 4 is 21.6 Å². The molecular formula is C20H15F3N2O3S. The smallest absolute Gasteiger partial charge is 0.247 e. The van der Waals surface area contributed by atoms with Gasteiger partial charge in [0.2, 0.25) is 15.9 Å². The zero-order valence-corrected chi connectivity index (χ0v) is 15.6. The molecule has 0 aliphatic heterocycles. The van der Waals surface area contributed by atoms with E-state index in [0.717, 1.165) is 0 Å². The van der Waals surface area contributed by atoms with E-state index in [4.69, 9.17) is 0 Å². The molecule has 1 amide bonds. The Hall–Kier alpha value is -3.17. The minimum Gasteiger partial charge on any atom is -0.324 e. The van der Waals surface area contributed by atoms with Crippen LogP contribution in [0.5, 0.6) is 0 Å². The Morgan fingerprint density at radius 3 is 2.00 bits per heavy atom. The van der Waals surface area contributed by atoms with Crippen molar-refractivity contribution in [3.8, 4) is 0 Å². The molecule has 3 rings (SSSR count). The molecule has 0 aliphatic carbocycles. The van der Waals surface area contributed by atoms with E-state index >= 15 is 0 Å². The Kier molecular flexibility index (Phi) is 6.00. The van der Waals surface area contributed by atoms with Gasteiger partial charge in [-0.3, -0.25) is 4.79 Å². The van der Waals surface area contributed by atoms with Crippen LogP contribution in [0.1, 0.15) is 11.6 Å². The highest BCUT2D eigenvalue weighted by atomic mass is 32.2. The van der Waals surface area contributed by atoms with Crippen molar-refractivity contribution in [1.29, 1.82) is 0 Å². The summed E-state index contributed by atoms with van der Waals surface area (Å²) in [4.78, 5) is 11.7. The molecule has 0 aliphatic rings. The van der Waals surface area contributed by atoms with Crippen LogP contribution in [0.15, 0.2) is 77.7 Å². The molecule has 3 aromatic carbocycles. The zero-order valence-electron chi connectivity index (χ0n) is 14.8. The van der Waals surface area contributed by atoms with E-state index < -0.39 is 44.3 Å². The molecule has 0 spiro atoms. The van der Waals surface area contributed by atoms with Crippen LogP contribution < -0.4 is 10.0 Å². The van der Waals surface area contributed by atoms with E-state index in [9.17, 15) is 26.4 Å². The van der Waals surface area contributed by atoms with Gasteiger partial charge in [-0.2, -0.15) is 4.72 Å². The van der Waals surface area contributed by atoms with Crippen molar-refractivity contribution in [2.45, 2.75) is 10.9 Å². The first-order chi connectivity index (χ1) is 13.8. The number of nitrogens with one attached hydrogen (secondary N) is 2. The number of amides is 1. The van der Waals surface area contributed by atoms with E-state index in [0.29, 0.717) is 17.8 Å². The Morgan fingerprint density at radius 1 is 0.793 bits per heavy atom. The predicted molar refractivity (Wildman–Crippen MR) is 101 cm³/mol. The van der Waals surface area contributed by atoms with Gasteiger partial charge in [0, 0.05) is 5.69 Å². The highest BCUT2D eigenvalue weighted by Crippen LogP contribution is 2.23. The van der Waals surface area contributed by atoms with E-state index in [1.165, 1.54) is 12.1 Å². The molecule has 0 radical (unpaired) electrons. The van der Waals surface area contributed by atoms with Crippen molar-refractivity contribution in [3.05, 3.63) is 95.8 Å². The normalized spacial score (nSPS) is 12.4. The summed E-state index contributed by atoms with van der Waals surface area (Å²) >= 11 is 0. The number of hydrogen-bond donors (Lipinski definition) is 2. The molecule has 0 bridgehead atoms. The third-order valence-corrected chi connectivity index (χ3v) is 5.44. The second kappa shape index (κ2) is 8.46. The lowest BCUT2D eigenvalue weighted by Gasteiger charge is -2.19. The molecular weight excluding hydrogens is 405 g/mol. The fourth-order valence-corrected chi connectivity index (χ4v) is 3.84. The minimum absolute atomic E-state index is 0.271. The summed E-state index contributed by atoms with van der Waals surface area (Å²) in [5, 5.41) is 2.56. The van der Waals surface area contributed by atoms with E-state index in [1.807, 2.05) is 0 Å². The van der Waals surface area contributed by atoms with Gasteiger partial charge in [0.25, 0.3) is 0 Å². The van der Waals surface area contributed by atoms with Crippen LogP contribution in [0.25, 0.3) is 0 Å². The molecule has 1 unspecified atom stereocenters. The molecule has 2 N–H and O–H groups in total. The van der Waals surface area contributed by atoms with E-state index in [1.54, 1.807) is 48.5 Å². The van der Waals surface area contributed by atoms with Gasteiger partial charge in [-0.15, -0.1) is 0 Å². The lowest BCUT2D eigenvalue weighted by atomic mass is 10.1. The first kappa shape index (κ1) is 20.6. The van der Waals surface area contributed by atoms with Gasteiger partial charge in [0.15, 0.2) is 17.5 Å². The molecule has 0 saturated carbocycles. The Balaban J connectivity index is 1.97. The van der Waals surface area contributed by atoms with Gasteiger partial charge in [-0.05, 0) is 29.8 Å². The number of benzene rings is 3. The summed E-state index contributed by atoms with van der Waals surface area (Å²) in [6, 6.07) is 15.8. The Morgan fingerprint density at radius 2 is 1.38 bits per heavy atom.